The van der Waals surface area contributed by atoms with Gasteiger partial charge in [-0.15, -0.1) is 0 Å². The molecule has 5 heteroatoms. The summed E-state index contributed by atoms with van der Waals surface area (Å²) < 4.78 is 0. The lowest BCUT2D eigenvalue weighted by Crippen LogP contribution is -2.43. The average Bonchev–Trinajstić information content (AvgIpc) is 2.79. The van der Waals surface area contributed by atoms with Crippen LogP contribution < -0.4 is 5.32 Å². The van der Waals surface area contributed by atoms with E-state index in [0.717, 1.165) is 55.1 Å². The van der Waals surface area contributed by atoms with Crippen molar-refractivity contribution in [2.75, 3.05) is 13.1 Å². The average molecular weight is 415 g/mol. The quantitative estimate of drug-likeness (QED) is 0.632. The highest BCUT2D eigenvalue weighted by Crippen LogP contribution is 2.29. The van der Waals surface area contributed by atoms with Crippen LogP contribution in [0.2, 0.25) is 0 Å². The van der Waals surface area contributed by atoms with Crippen LogP contribution >= 0.6 is 0 Å². The molecule has 4 rings (SSSR count). The van der Waals surface area contributed by atoms with Gasteiger partial charge >= 0.3 is 0 Å². The third-order valence-electron chi connectivity index (χ3n) is 5.88. The van der Waals surface area contributed by atoms with Crippen LogP contribution in [-0.4, -0.2) is 33.9 Å². The molecule has 1 fully saturated rings. The Morgan fingerprint density at radius 3 is 2.71 bits per heavy atom. The maximum absolute atomic E-state index is 12.9. The summed E-state index contributed by atoms with van der Waals surface area (Å²) in [5.41, 5.74) is 4.11. The number of likely N-dealkylation sites (tertiary alicyclic amines) is 1. The van der Waals surface area contributed by atoms with Crippen LogP contribution in [0.1, 0.15) is 41.5 Å². The van der Waals surface area contributed by atoms with Gasteiger partial charge in [0, 0.05) is 25.0 Å². The van der Waals surface area contributed by atoms with E-state index < -0.39 is 0 Å². The highest BCUT2D eigenvalue weighted by Gasteiger charge is 2.30. The molecule has 3 heterocycles. The second-order valence-electron chi connectivity index (χ2n) is 8.37. The van der Waals surface area contributed by atoms with Crippen molar-refractivity contribution in [3.8, 4) is 0 Å². The van der Waals surface area contributed by atoms with E-state index in [2.05, 4.69) is 32.3 Å². The van der Waals surface area contributed by atoms with Gasteiger partial charge < -0.3 is 5.32 Å². The number of aromatic nitrogens is 2. The Bertz CT molecular complexity index is 977. The van der Waals surface area contributed by atoms with Crippen molar-refractivity contribution in [2.45, 2.75) is 38.8 Å². The van der Waals surface area contributed by atoms with Gasteiger partial charge in [-0.1, -0.05) is 42.5 Å². The second kappa shape index (κ2) is 10.3. The van der Waals surface area contributed by atoms with Crippen LogP contribution in [0.15, 0.2) is 72.9 Å². The van der Waals surface area contributed by atoms with Crippen molar-refractivity contribution in [2.24, 2.45) is 5.92 Å². The van der Waals surface area contributed by atoms with E-state index in [1.54, 1.807) is 0 Å². The molecular weight excluding hydrogens is 384 g/mol. The normalized spacial score (nSPS) is 17.8. The van der Waals surface area contributed by atoms with Crippen LogP contribution in [0.25, 0.3) is 0 Å². The number of hydrogen-bond donors (Lipinski definition) is 1. The van der Waals surface area contributed by atoms with Crippen molar-refractivity contribution in [3.63, 3.8) is 0 Å². The SMILES string of the molecule is Cc1cccc(CN2CCCC(C(NC(=O)Cc3ccccc3)c3ccccn3)C2)n1. The van der Waals surface area contributed by atoms with Gasteiger partial charge in [0.2, 0.25) is 5.91 Å². The highest BCUT2D eigenvalue weighted by atomic mass is 16.1. The summed E-state index contributed by atoms with van der Waals surface area (Å²) >= 11 is 0. The minimum absolute atomic E-state index is 0.0410. The van der Waals surface area contributed by atoms with Crippen LogP contribution in [0.4, 0.5) is 0 Å². The number of carbonyl (C=O) groups excluding carboxylic acids is 1. The summed E-state index contributed by atoms with van der Waals surface area (Å²) in [6.07, 6.45) is 4.37. The summed E-state index contributed by atoms with van der Waals surface area (Å²) in [6.45, 7) is 4.84. The molecule has 0 saturated carbocycles. The number of amides is 1. The number of carbonyl (C=O) groups is 1. The van der Waals surface area contributed by atoms with Gasteiger partial charge in [-0.05, 0) is 62.1 Å². The Balaban J connectivity index is 1.47. The lowest BCUT2D eigenvalue weighted by molar-refractivity contribution is -0.121. The molecule has 2 atom stereocenters. The first-order valence-corrected chi connectivity index (χ1v) is 11.1. The lowest BCUT2D eigenvalue weighted by Gasteiger charge is -2.37. The molecule has 1 amide bonds. The van der Waals surface area contributed by atoms with Crippen LogP contribution in [0, 0.1) is 12.8 Å². The molecule has 3 aromatic rings. The molecule has 0 aliphatic carbocycles. The minimum Gasteiger partial charge on any atom is -0.347 e. The summed E-state index contributed by atoms with van der Waals surface area (Å²) in [5.74, 6) is 0.354. The summed E-state index contributed by atoms with van der Waals surface area (Å²) in [6, 6.07) is 21.9. The van der Waals surface area contributed by atoms with E-state index in [1.807, 2.05) is 67.7 Å². The van der Waals surface area contributed by atoms with Crippen LogP contribution in [-0.2, 0) is 17.8 Å². The van der Waals surface area contributed by atoms with E-state index >= 15 is 0 Å². The first-order valence-electron chi connectivity index (χ1n) is 11.1. The van der Waals surface area contributed by atoms with Crippen molar-refractivity contribution < 1.29 is 4.79 Å². The monoisotopic (exact) mass is 414 g/mol. The summed E-state index contributed by atoms with van der Waals surface area (Å²) in [5, 5.41) is 3.30. The number of benzene rings is 1. The zero-order valence-electron chi connectivity index (χ0n) is 18.1. The molecule has 0 radical (unpaired) electrons. The standard InChI is InChI=1S/C26H30N4O/c1-20-9-7-13-23(28-20)19-30-16-8-12-22(18-30)26(24-14-5-6-15-27-24)29-25(31)17-21-10-3-2-4-11-21/h2-7,9-11,13-15,22,26H,8,12,16-19H2,1H3,(H,29,31). The van der Waals surface area contributed by atoms with Crippen LogP contribution in [0.5, 0.6) is 0 Å². The van der Waals surface area contributed by atoms with Gasteiger partial charge in [-0.2, -0.15) is 0 Å². The van der Waals surface area contributed by atoms with Gasteiger partial charge in [0.1, 0.15) is 0 Å². The van der Waals surface area contributed by atoms with E-state index in [0.29, 0.717) is 12.3 Å². The zero-order chi connectivity index (χ0) is 21.5. The predicted octanol–water partition coefficient (Wildman–Crippen LogP) is 4.10. The third kappa shape index (κ3) is 5.98. The van der Waals surface area contributed by atoms with Gasteiger partial charge in [0.25, 0.3) is 0 Å². The van der Waals surface area contributed by atoms with E-state index in [1.165, 1.54) is 0 Å². The van der Waals surface area contributed by atoms with Gasteiger partial charge in [-0.25, -0.2) is 0 Å². The van der Waals surface area contributed by atoms with E-state index in [9.17, 15) is 4.79 Å². The van der Waals surface area contributed by atoms with Crippen molar-refractivity contribution in [1.29, 1.82) is 0 Å². The molecule has 5 nitrogen and oxygen atoms in total. The molecule has 31 heavy (non-hydrogen) atoms. The number of rotatable bonds is 7. The first kappa shape index (κ1) is 21.2. The fraction of sp³-hybridized carbons (Fsp3) is 0.346. The number of pyridine rings is 2. The Hall–Kier alpha value is -3.05. The smallest absolute Gasteiger partial charge is 0.224 e. The van der Waals surface area contributed by atoms with E-state index in [-0.39, 0.29) is 11.9 Å². The molecule has 1 aromatic carbocycles. The molecule has 0 bridgehead atoms. The molecule has 1 saturated heterocycles. The van der Waals surface area contributed by atoms with Crippen molar-refractivity contribution in [3.05, 3.63) is 95.6 Å². The Morgan fingerprint density at radius 2 is 1.94 bits per heavy atom. The molecule has 2 unspecified atom stereocenters. The number of aryl methyl sites for hydroxylation is 1. The maximum Gasteiger partial charge on any atom is 0.224 e. The Kier molecular flexibility index (Phi) is 7.05. The molecule has 2 aromatic heterocycles. The molecule has 0 spiro atoms. The molecule has 1 aliphatic rings. The maximum atomic E-state index is 12.9. The lowest BCUT2D eigenvalue weighted by atomic mass is 9.88. The largest absolute Gasteiger partial charge is 0.347 e. The second-order valence-corrected chi connectivity index (χ2v) is 8.37. The van der Waals surface area contributed by atoms with Crippen molar-refractivity contribution >= 4 is 5.91 Å². The Labute approximate surface area is 184 Å². The zero-order valence-corrected chi connectivity index (χ0v) is 18.1. The predicted molar refractivity (Wildman–Crippen MR) is 122 cm³/mol. The van der Waals surface area contributed by atoms with E-state index in [4.69, 9.17) is 0 Å². The minimum atomic E-state index is -0.0920. The number of nitrogens with one attached hydrogen (secondary N) is 1. The van der Waals surface area contributed by atoms with Crippen LogP contribution in [0.3, 0.4) is 0 Å². The number of hydrogen-bond acceptors (Lipinski definition) is 4. The topological polar surface area (TPSA) is 58.1 Å². The first-order chi connectivity index (χ1) is 15.2. The molecule has 160 valence electrons. The van der Waals surface area contributed by atoms with Gasteiger partial charge in [0.15, 0.2) is 0 Å². The summed E-state index contributed by atoms with van der Waals surface area (Å²) in [7, 11) is 0. The summed E-state index contributed by atoms with van der Waals surface area (Å²) in [4.78, 5) is 24.6. The fourth-order valence-corrected chi connectivity index (χ4v) is 4.42. The van der Waals surface area contributed by atoms with Gasteiger partial charge in [0.05, 0.1) is 23.9 Å². The molecular formula is C26H30N4O. The van der Waals surface area contributed by atoms with Crippen molar-refractivity contribution in [1.82, 2.24) is 20.2 Å². The molecule has 1 aliphatic heterocycles. The third-order valence-corrected chi connectivity index (χ3v) is 5.88. The van der Waals surface area contributed by atoms with Gasteiger partial charge in [-0.3, -0.25) is 19.7 Å². The number of piperidine rings is 1. The highest BCUT2D eigenvalue weighted by molar-refractivity contribution is 5.79. The fourth-order valence-electron chi connectivity index (χ4n) is 4.42. The number of nitrogens with zero attached hydrogens (tertiary/aromatic N) is 3. The molecule has 1 N–H and O–H groups in total. The Morgan fingerprint density at radius 1 is 1.10 bits per heavy atom.